The summed E-state index contributed by atoms with van der Waals surface area (Å²) in [7, 11) is 1.83. The SMILES string of the molecule is CN=C(NCCc1ccccc1Cl)NC1CCN(c2cccs2)CC1.I. The molecule has 0 saturated carbocycles. The fraction of sp³-hybridized carbons (Fsp3) is 0.421. The molecule has 26 heavy (non-hydrogen) atoms. The molecule has 1 aliphatic heterocycles. The molecule has 4 nitrogen and oxygen atoms in total. The van der Waals surface area contributed by atoms with Gasteiger partial charge in [0.1, 0.15) is 0 Å². The number of piperidine rings is 1. The predicted octanol–water partition coefficient (Wildman–Crippen LogP) is 4.40. The highest BCUT2D eigenvalue weighted by Crippen LogP contribution is 2.24. The average molecular weight is 505 g/mol. The molecule has 0 spiro atoms. The molecule has 0 radical (unpaired) electrons. The number of hydrogen-bond donors (Lipinski definition) is 2. The molecule has 0 atom stereocenters. The van der Waals surface area contributed by atoms with Crippen LogP contribution in [0.4, 0.5) is 5.00 Å². The number of benzene rings is 1. The number of guanidine groups is 1. The lowest BCUT2D eigenvalue weighted by molar-refractivity contribution is 0.463. The van der Waals surface area contributed by atoms with Gasteiger partial charge in [-0.1, -0.05) is 29.8 Å². The minimum atomic E-state index is 0. The molecule has 1 fully saturated rings. The van der Waals surface area contributed by atoms with Gasteiger partial charge in [0.05, 0.1) is 5.00 Å². The first-order valence-corrected chi connectivity index (χ1v) is 10.0. The van der Waals surface area contributed by atoms with Gasteiger partial charge in [0, 0.05) is 37.7 Å². The Labute approximate surface area is 182 Å². The number of thiophene rings is 1. The van der Waals surface area contributed by atoms with E-state index in [2.05, 4.69) is 44.1 Å². The lowest BCUT2D eigenvalue weighted by Crippen LogP contribution is -2.49. The molecule has 1 saturated heterocycles. The van der Waals surface area contributed by atoms with E-state index in [9.17, 15) is 0 Å². The zero-order valence-corrected chi connectivity index (χ0v) is 18.9. The van der Waals surface area contributed by atoms with Crippen LogP contribution in [-0.4, -0.2) is 38.7 Å². The van der Waals surface area contributed by atoms with E-state index in [1.165, 1.54) is 5.00 Å². The van der Waals surface area contributed by atoms with E-state index < -0.39 is 0 Å². The maximum absolute atomic E-state index is 6.21. The van der Waals surface area contributed by atoms with Crippen LogP contribution in [0.1, 0.15) is 18.4 Å². The predicted molar refractivity (Wildman–Crippen MR) is 125 cm³/mol. The Hall–Kier alpha value is -0.990. The quantitative estimate of drug-likeness (QED) is 0.360. The standard InChI is InChI=1S/C19H25ClN4S.HI/c1-21-19(22-11-8-15-5-2-3-6-17(15)20)23-16-9-12-24(13-10-16)18-7-4-14-25-18;/h2-7,14,16H,8-13H2,1H3,(H2,21,22,23);1H. The fourth-order valence-electron chi connectivity index (χ4n) is 3.10. The lowest BCUT2D eigenvalue weighted by atomic mass is 10.1. The molecule has 0 bridgehead atoms. The molecule has 1 aromatic heterocycles. The van der Waals surface area contributed by atoms with E-state index in [-0.39, 0.29) is 24.0 Å². The smallest absolute Gasteiger partial charge is 0.191 e. The molecule has 2 heterocycles. The third kappa shape index (κ3) is 6.03. The first-order chi connectivity index (χ1) is 12.3. The summed E-state index contributed by atoms with van der Waals surface area (Å²) in [5, 5.41) is 11.3. The summed E-state index contributed by atoms with van der Waals surface area (Å²) >= 11 is 8.03. The second-order valence-electron chi connectivity index (χ2n) is 6.20. The van der Waals surface area contributed by atoms with Crippen LogP contribution in [0.3, 0.4) is 0 Å². The summed E-state index contributed by atoms with van der Waals surface area (Å²) in [5.41, 5.74) is 1.16. The average Bonchev–Trinajstić information content (AvgIpc) is 3.17. The van der Waals surface area contributed by atoms with Crippen molar-refractivity contribution >= 4 is 57.9 Å². The fourth-order valence-corrected chi connectivity index (χ4v) is 4.11. The molecule has 1 aromatic carbocycles. The topological polar surface area (TPSA) is 39.7 Å². The number of anilines is 1. The van der Waals surface area contributed by atoms with Crippen LogP contribution in [0, 0.1) is 0 Å². The van der Waals surface area contributed by atoms with Crippen molar-refractivity contribution in [2.45, 2.75) is 25.3 Å². The molecule has 0 amide bonds. The van der Waals surface area contributed by atoms with Gasteiger partial charge in [-0.15, -0.1) is 35.3 Å². The number of rotatable bonds is 5. The van der Waals surface area contributed by atoms with Gasteiger partial charge in [-0.25, -0.2) is 0 Å². The maximum atomic E-state index is 6.21. The van der Waals surface area contributed by atoms with Crippen molar-refractivity contribution in [3.8, 4) is 0 Å². The Morgan fingerprint density at radius 1 is 1.23 bits per heavy atom. The van der Waals surface area contributed by atoms with E-state index in [1.807, 2.05) is 36.6 Å². The van der Waals surface area contributed by atoms with Crippen molar-refractivity contribution in [2.75, 3.05) is 31.6 Å². The number of halogens is 2. The molecule has 0 unspecified atom stereocenters. The second-order valence-corrected chi connectivity index (χ2v) is 7.53. The van der Waals surface area contributed by atoms with Crippen LogP contribution in [0.2, 0.25) is 5.02 Å². The molecule has 3 rings (SSSR count). The van der Waals surface area contributed by atoms with Crippen molar-refractivity contribution < 1.29 is 0 Å². The van der Waals surface area contributed by atoms with Gasteiger partial charge in [-0.3, -0.25) is 4.99 Å². The zero-order chi connectivity index (χ0) is 17.5. The lowest BCUT2D eigenvalue weighted by Gasteiger charge is -2.33. The molecule has 7 heteroatoms. The molecule has 142 valence electrons. The van der Waals surface area contributed by atoms with Crippen molar-refractivity contribution in [1.29, 1.82) is 0 Å². The van der Waals surface area contributed by atoms with Gasteiger partial charge in [-0.05, 0) is 48.4 Å². The van der Waals surface area contributed by atoms with Crippen molar-refractivity contribution in [3.05, 3.63) is 52.4 Å². The van der Waals surface area contributed by atoms with Gasteiger partial charge in [0.25, 0.3) is 0 Å². The van der Waals surface area contributed by atoms with Crippen molar-refractivity contribution in [2.24, 2.45) is 4.99 Å². The summed E-state index contributed by atoms with van der Waals surface area (Å²) in [6, 6.07) is 12.8. The van der Waals surface area contributed by atoms with E-state index >= 15 is 0 Å². The Balaban J connectivity index is 0.00000243. The summed E-state index contributed by atoms with van der Waals surface area (Å²) < 4.78 is 0. The summed E-state index contributed by atoms with van der Waals surface area (Å²) in [6.45, 7) is 3.00. The summed E-state index contributed by atoms with van der Waals surface area (Å²) in [6.07, 6.45) is 3.14. The molecule has 2 N–H and O–H groups in total. The van der Waals surface area contributed by atoms with E-state index in [4.69, 9.17) is 11.6 Å². The van der Waals surface area contributed by atoms with Crippen LogP contribution < -0.4 is 15.5 Å². The normalized spacial score (nSPS) is 15.5. The Bertz CT molecular complexity index is 685. The Morgan fingerprint density at radius 2 is 2.00 bits per heavy atom. The number of hydrogen-bond acceptors (Lipinski definition) is 3. The monoisotopic (exact) mass is 504 g/mol. The number of nitrogens with one attached hydrogen (secondary N) is 2. The maximum Gasteiger partial charge on any atom is 0.191 e. The number of nitrogens with zero attached hydrogens (tertiary/aromatic N) is 2. The number of aliphatic imine (C=N–C) groups is 1. The van der Waals surface area contributed by atoms with Crippen LogP contribution in [-0.2, 0) is 6.42 Å². The van der Waals surface area contributed by atoms with Crippen molar-refractivity contribution in [1.82, 2.24) is 10.6 Å². The van der Waals surface area contributed by atoms with Crippen LogP contribution in [0.25, 0.3) is 0 Å². The van der Waals surface area contributed by atoms with Gasteiger partial charge in [0.15, 0.2) is 5.96 Å². The first kappa shape index (κ1) is 21.3. The Morgan fingerprint density at radius 3 is 2.65 bits per heavy atom. The van der Waals surface area contributed by atoms with E-state index in [0.717, 1.165) is 55.4 Å². The molecular weight excluding hydrogens is 479 g/mol. The largest absolute Gasteiger partial charge is 0.363 e. The minimum absolute atomic E-state index is 0. The summed E-state index contributed by atoms with van der Waals surface area (Å²) in [4.78, 5) is 6.82. The second kappa shape index (κ2) is 11.0. The summed E-state index contributed by atoms with van der Waals surface area (Å²) in [5.74, 6) is 0.877. The highest BCUT2D eigenvalue weighted by molar-refractivity contribution is 14.0. The molecular formula is C19H26ClIN4S. The van der Waals surface area contributed by atoms with Crippen LogP contribution in [0.5, 0.6) is 0 Å². The van der Waals surface area contributed by atoms with Crippen molar-refractivity contribution in [3.63, 3.8) is 0 Å². The van der Waals surface area contributed by atoms with Gasteiger partial charge >= 0.3 is 0 Å². The zero-order valence-electron chi connectivity index (χ0n) is 15.0. The van der Waals surface area contributed by atoms with E-state index in [1.54, 1.807) is 0 Å². The van der Waals surface area contributed by atoms with Gasteiger partial charge in [0.2, 0.25) is 0 Å². The van der Waals surface area contributed by atoms with Crippen LogP contribution >= 0.6 is 46.9 Å². The molecule has 0 aliphatic carbocycles. The van der Waals surface area contributed by atoms with Gasteiger partial charge in [-0.2, -0.15) is 0 Å². The Kier molecular flexibility index (Phi) is 9.01. The third-order valence-electron chi connectivity index (χ3n) is 4.52. The third-order valence-corrected chi connectivity index (χ3v) is 5.82. The van der Waals surface area contributed by atoms with Gasteiger partial charge < -0.3 is 15.5 Å². The first-order valence-electron chi connectivity index (χ1n) is 8.75. The van der Waals surface area contributed by atoms with Crippen LogP contribution in [0.15, 0.2) is 46.8 Å². The highest BCUT2D eigenvalue weighted by Gasteiger charge is 2.20. The van der Waals surface area contributed by atoms with E-state index in [0.29, 0.717) is 6.04 Å². The molecule has 1 aliphatic rings. The molecule has 2 aromatic rings. The highest BCUT2D eigenvalue weighted by atomic mass is 127. The minimum Gasteiger partial charge on any atom is -0.363 e.